The highest BCUT2D eigenvalue weighted by Crippen LogP contribution is 2.37. The van der Waals surface area contributed by atoms with Crippen molar-refractivity contribution in [2.45, 2.75) is 51.2 Å². The third-order valence-corrected chi connectivity index (χ3v) is 4.51. The summed E-state index contributed by atoms with van der Waals surface area (Å²) in [4.78, 5) is 13.6. The van der Waals surface area contributed by atoms with Gasteiger partial charge in [-0.05, 0) is 33.4 Å². The third kappa shape index (κ3) is 3.92. The molecular weight excluding hydrogens is 262 g/mol. The lowest BCUT2D eigenvalue weighted by atomic mass is 9.75. The lowest BCUT2D eigenvalue weighted by molar-refractivity contribution is 0.0680. The van der Waals surface area contributed by atoms with E-state index in [0.29, 0.717) is 11.6 Å². The first kappa shape index (κ1) is 16.2. The molecule has 0 radical (unpaired) electrons. The van der Waals surface area contributed by atoms with Gasteiger partial charge in [0.15, 0.2) is 0 Å². The molecule has 0 atom stereocenters. The number of nitrogens with zero attached hydrogens (tertiary/aromatic N) is 4. The summed E-state index contributed by atoms with van der Waals surface area (Å²) < 4.78 is 0. The van der Waals surface area contributed by atoms with Crippen LogP contribution in [0.3, 0.4) is 0 Å². The van der Waals surface area contributed by atoms with Crippen LogP contribution in [0.4, 0.5) is 5.95 Å². The molecule has 5 nitrogen and oxygen atoms in total. The Bertz CT molecular complexity index is 436. The zero-order valence-corrected chi connectivity index (χ0v) is 14.1. The van der Waals surface area contributed by atoms with Gasteiger partial charge in [0.25, 0.3) is 0 Å². The van der Waals surface area contributed by atoms with Gasteiger partial charge in [-0.25, -0.2) is 9.97 Å². The maximum Gasteiger partial charge on any atom is 0.225 e. The number of hydrogen-bond donors (Lipinski definition) is 1. The summed E-state index contributed by atoms with van der Waals surface area (Å²) >= 11 is 0. The minimum absolute atomic E-state index is 0.302. The minimum atomic E-state index is 0.302. The number of likely N-dealkylation sites (N-methyl/N-ethyl adjacent to an activating group) is 2. The second-order valence-corrected chi connectivity index (χ2v) is 6.76. The Kier molecular flexibility index (Phi) is 5.17. The second-order valence-electron chi connectivity index (χ2n) is 6.76. The predicted octanol–water partition coefficient (Wildman–Crippen LogP) is 1.90. The van der Waals surface area contributed by atoms with Gasteiger partial charge in [0.05, 0.1) is 0 Å². The highest BCUT2D eigenvalue weighted by molar-refractivity contribution is 5.30. The van der Waals surface area contributed by atoms with Crippen molar-refractivity contribution in [2.24, 2.45) is 0 Å². The van der Waals surface area contributed by atoms with E-state index in [9.17, 15) is 0 Å². The van der Waals surface area contributed by atoms with Crippen LogP contribution in [-0.2, 0) is 6.54 Å². The summed E-state index contributed by atoms with van der Waals surface area (Å²) in [5.41, 5.74) is 1.43. The first-order valence-electron chi connectivity index (χ1n) is 7.86. The zero-order valence-electron chi connectivity index (χ0n) is 14.1. The van der Waals surface area contributed by atoms with Crippen LogP contribution in [0.15, 0.2) is 12.4 Å². The Morgan fingerprint density at radius 3 is 2.24 bits per heavy atom. The fraction of sp³-hybridized carbons (Fsp3) is 0.750. The Hall–Kier alpha value is -1.20. The monoisotopic (exact) mass is 291 g/mol. The molecule has 21 heavy (non-hydrogen) atoms. The molecule has 1 N–H and O–H groups in total. The summed E-state index contributed by atoms with van der Waals surface area (Å²) in [5.74, 6) is 0.816. The molecule has 1 aliphatic carbocycles. The Balaban J connectivity index is 1.95. The maximum absolute atomic E-state index is 4.51. The predicted molar refractivity (Wildman–Crippen MR) is 87.5 cm³/mol. The van der Waals surface area contributed by atoms with Crippen molar-refractivity contribution in [3.63, 3.8) is 0 Å². The number of nitrogens with one attached hydrogen (secondary N) is 1. The van der Waals surface area contributed by atoms with Crippen molar-refractivity contribution in [3.8, 4) is 0 Å². The van der Waals surface area contributed by atoms with Gasteiger partial charge < -0.3 is 15.1 Å². The molecule has 0 spiro atoms. The molecule has 0 amide bonds. The summed E-state index contributed by atoms with van der Waals surface area (Å²) in [6, 6.07) is 0.478. The van der Waals surface area contributed by atoms with Crippen LogP contribution < -0.4 is 10.2 Å². The van der Waals surface area contributed by atoms with E-state index in [-0.39, 0.29) is 0 Å². The largest absolute Gasteiger partial charge is 0.342 e. The van der Waals surface area contributed by atoms with Crippen LogP contribution in [0.1, 0.15) is 38.7 Å². The van der Waals surface area contributed by atoms with E-state index in [1.807, 2.05) is 12.4 Å². The molecular formula is C16H29N5. The van der Waals surface area contributed by atoms with Gasteiger partial charge in [0.1, 0.15) is 0 Å². The maximum atomic E-state index is 4.51. The van der Waals surface area contributed by atoms with Crippen LogP contribution in [0, 0.1) is 0 Å². The topological polar surface area (TPSA) is 44.3 Å². The summed E-state index contributed by atoms with van der Waals surface area (Å²) in [7, 11) is 6.44. The second kappa shape index (κ2) is 6.71. The number of aromatic nitrogens is 2. The van der Waals surface area contributed by atoms with Crippen LogP contribution in [0.2, 0.25) is 0 Å². The average molecular weight is 291 g/mol. The SMILES string of the molecule is CC(C)NCc1cnc(N(C)CC2(N(C)C)CCC2)nc1. The smallest absolute Gasteiger partial charge is 0.225 e. The van der Waals surface area contributed by atoms with Crippen molar-refractivity contribution >= 4 is 5.95 Å². The van der Waals surface area contributed by atoms with Crippen molar-refractivity contribution < 1.29 is 0 Å². The van der Waals surface area contributed by atoms with E-state index in [1.54, 1.807) is 0 Å². The first-order valence-corrected chi connectivity index (χ1v) is 7.86. The Morgan fingerprint density at radius 2 is 1.81 bits per heavy atom. The van der Waals surface area contributed by atoms with E-state index in [4.69, 9.17) is 0 Å². The lowest BCUT2D eigenvalue weighted by Gasteiger charge is -2.49. The van der Waals surface area contributed by atoms with Crippen LogP contribution in [0.5, 0.6) is 0 Å². The Morgan fingerprint density at radius 1 is 1.19 bits per heavy atom. The minimum Gasteiger partial charge on any atom is -0.342 e. The fourth-order valence-corrected chi connectivity index (χ4v) is 2.80. The summed E-state index contributed by atoms with van der Waals surface area (Å²) in [6.45, 7) is 6.09. The van der Waals surface area contributed by atoms with Gasteiger partial charge in [0, 0.05) is 49.7 Å². The van der Waals surface area contributed by atoms with Crippen molar-refractivity contribution in [1.29, 1.82) is 0 Å². The molecule has 1 saturated carbocycles. The van der Waals surface area contributed by atoms with Crippen molar-refractivity contribution in [3.05, 3.63) is 18.0 Å². The van der Waals surface area contributed by atoms with Crippen LogP contribution in [-0.4, -0.2) is 54.1 Å². The fourth-order valence-electron chi connectivity index (χ4n) is 2.80. The molecule has 2 rings (SSSR count). The van der Waals surface area contributed by atoms with Gasteiger partial charge in [0.2, 0.25) is 5.95 Å². The average Bonchev–Trinajstić information content (AvgIpc) is 2.40. The summed E-state index contributed by atoms with van der Waals surface area (Å²) in [6.07, 6.45) is 7.71. The third-order valence-electron chi connectivity index (χ3n) is 4.51. The van der Waals surface area contributed by atoms with Gasteiger partial charge in [-0.3, -0.25) is 0 Å². The van der Waals surface area contributed by atoms with E-state index < -0.39 is 0 Å². The highest BCUT2D eigenvalue weighted by atomic mass is 15.3. The lowest BCUT2D eigenvalue weighted by Crippen LogP contribution is -2.57. The Labute approximate surface area is 128 Å². The molecule has 1 fully saturated rings. The van der Waals surface area contributed by atoms with Crippen molar-refractivity contribution in [2.75, 3.05) is 32.6 Å². The molecule has 118 valence electrons. The molecule has 1 aromatic heterocycles. The number of rotatable bonds is 7. The molecule has 5 heteroatoms. The van der Waals surface area contributed by atoms with Gasteiger partial charge >= 0.3 is 0 Å². The van der Waals surface area contributed by atoms with Gasteiger partial charge in [-0.15, -0.1) is 0 Å². The zero-order chi connectivity index (χ0) is 15.5. The van der Waals surface area contributed by atoms with Crippen molar-refractivity contribution in [1.82, 2.24) is 20.2 Å². The molecule has 1 heterocycles. The molecule has 0 aromatic carbocycles. The first-order chi connectivity index (χ1) is 9.93. The normalized spacial score (nSPS) is 17.1. The molecule has 1 aliphatic rings. The quantitative estimate of drug-likeness (QED) is 0.831. The molecule has 0 unspecified atom stereocenters. The molecule has 1 aromatic rings. The van der Waals surface area contributed by atoms with E-state index >= 15 is 0 Å². The van der Waals surface area contributed by atoms with E-state index in [0.717, 1.165) is 24.6 Å². The van der Waals surface area contributed by atoms with Crippen LogP contribution >= 0.6 is 0 Å². The number of anilines is 1. The van der Waals surface area contributed by atoms with Gasteiger partial charge in [-0.1, -0.05) is 13.8 Å². The highest BCUT2D eigenvalue weighted by Gasteiger charge is 2.40. The molecule has 0 saturated heterocycles. The number of hydrogen-bond acceptors (Lipinski definition) is 5. The summed E-state index contributed by atoms with van der Waals surface area (Å²) in [5, 5.41) is 3.38. The van der Waals surface area contributed by atoms with Gasteiger partial charge in [-0.2, -0.15) is 0 Å². The molecule has 0 aliphatic heterocycles. The standard InChI is InChI=1S/C16H29N5/c1-13(2)17-9-14-10-18-15(19-11-14)21(5)12-16(20(3)4)7-6-8-16/h10-11,13,17H,6-9,12H2,1-5H3. The van der Waals surface area contributed by atoms with E-state index in [1.165, 1.54) is 19.3 Å². The van der Waals surface area contributed by atoms with Crippen LogP contribution in [0.25, 0.3) is 0 Å². The van der Waals surface area contributed by atoms with E-state index in [2.05, 4.69) is 60.1 Å². The molecule has 0 bridgehead atoms.